The second-order valence-corrected chi connectivity index (χ2v) is 6.04. The number of nitrogens with one attached hydrogen (secondary N) is 1. The Morgan fingerprint density at radius 2 is 2.21 bits per heavy atom. The molecule has 1 saturated heterocycles. The number of amides is 1. The minimum Gasteiger partial charge on any atom is -0.480 e. The second kappa shape index (κ2) is 8.43. The van der Waals surface area contributed by atoms with Gasteiger partial charge in [-0.3, -0.25) is 9.69 Å². The Labute approximate surface area is 119 Å². The lowest BCUT2D eigenvalue weighted by molar-refractivity contribution is -0.142. The number of piperidine rings is 1. The van der Waals surface area contributed by atoms with E-state index in [2.05, 4.69) is 17.1 Å². The molecule has 0 spiro atoms. The van der Waals surface area contributed by atoms with Gasteiger partial charge in [0.25, 0.3) is 0 Å². The number of hydrogen-bond donors (Lipinski definition) is 2. The number of carboxylic acids is 1. The Balaban J connectivity index is 2.40. The van der Waals surface area contributed by atoms with E-state index in [0.717, 1.165) is 25.1 Å². The van der Waals surface area contributed by atoms with Gasteiger partial charge in [0.2, 0.25) is 5.91 Å². The first-order valence-electron chi connectivity index (χ1n) is 6.79. The SMILES string of the molecule is CSCCC(NC(=O)CN1CCCCC1C)C(=O)O. The van der Waals surface area contributed by atoms with Gasteiger partial charge in [-0.1, -0.05) is 6.42 Å². The standard InChI is InChI=1S/C13H24N2O3S/c1-10-5-3-4-7-15(10)9-12(16)14-11(13(17)18)6-8-19-2/h10-11H,3-9H2,1-2H3,(H,14,16)(H,17,18). The molecule has 1 amide bonds. The number of carboxylic acid groups (broad SMARTS) is 1. The van der Waals surface area contributed by atoms with Crippen molar-refractivity contribution in [2.24, 2.45) is 0 Å². The molecular formula is C13H24N2O3S. The van der Waals surface area contributed by atoms with Crippen molar-refractivity contribution in [3.8, 4) is 0 Å². The van der Waals surface area contributed by atoms with Crippen molar-refractivity contribution in [1.29, 1.82) is 0 Å². The van der Waals surface area contributed by atoms with E-state index in [1.165, 1.54) is 6.42 Å². The van der Waals surface area contributed by atoms with Crippen molar-refractivity contribution < 1.29 is 14.7 Å². The first-order chi connectivity index (χ1) is 9.04. The van der Waals surface area contributed by atoms with Crippen LogP contribution in [-0.4, -0.2) is 59.1 Å². The molecule has 5 nitrogen and oxygen atoms in total. The number of hydrogen-bond acceptors (Lipinski definition) is 4. The minimum absolute atomic E-state index is 0.178. The number of nitrogens with zero attached hydrogens (tertiary/aromatic N) is 1. The van der Waals surface area contributed by atoms with Crippen LogP contribution < -0.4 is 5.32 Å². The Morgan fingerprint density at radius 3 is 2.79 bits per heavy atom. The maximum atomic E-state index is 11.9. The lowest BCUT2D eigenvalue weighted by Crippen LogP contribution is -2.48. The summed E-state index contributed by atoms with van der Waals surface area (Å²) in [5.74, 6) is -0.395. The molecule has 1 heterocycles. The normalized spacial score (nSPS) is 21.9. The van der Waals surface area contributed by atoms with E-state index in [9.17, 15) is 9.59 Å². The highest BCUT2D eigenvalue weighted by molar-refractivity contribution is 7.98. The quantitative estimate of drug-likeness (QED) is 0.736. The van der Waals surface area contributed by atoms with Gasteiger partial charge in [0.05, 0.1) is 6.54 Å². The van der Waals surface area contributed by atoms with Gasteiger partial charge in [-0.15, -0.1) is 0 Å². The zero-order valence-electron chi connectivity index (χ0n) is 11.7. The highest BCUT2D eigenvalue weighted by atomic mass is 32.2. The topological polar surface area (TPSA) is 69.6 Å². The van der Waals surface area contributed by atoms with Crippen LogP contribution in [0.1, 0.15) is 32.6 Å². The molecule has 0 aliphatic carbocycles. The van der Waals surface area contributed by atoms with Crippen LogP contribution >= 0.6 is 11.8 Å². The molecule has 1 rings (SSSR count). The van der Waals surface area contributed by atoms with Gasteiger partial charge >= 0.3 is 5.97 Å². The maximum Gasteiger partial charge on any atom is 0.326 e. The number of carbonyl (C=O) groups is 2. The Hall–Kier alpha value is -0.750. The Morgan fingerprint density at radius 1 is 1.47 bits per heavy atom. The summed E-state index contributed by atoms with van der Waals surface area (Å²) in [6.07, 6.45) is 5.84. The molecule has 0 bridgehead atoms. The fourth-order valence-corrected chi connectivity index (χ4v) is 2.78. The number of likely N-dealkylation sites (tertiary alicyclic amines) is 1. The van der Waals surface area contributed by atoms with Gasteiger partial charge in [0, 0.05) is 6.04 Å². The largest absolute Gasteiger partial charge is 0.480 e. The maximum absolute atomic E-state index is 11.9. The summed E-state index contributed by atoms with van der Waals surface area (Å²) < 4.78 is 0. The van der Waals surface area contributed by atoms with E-state index in [1.54, 1.807) is 11.8 Å². The molecule has 0 aromatic heterocycles. The molecule has 2 N–H and O–H groups in total. The third kappa shape index (κ3) is 5.82. The predicted octanol–water partition coefficient (Wildman–Crippen LogP) is 1.18. The molecule has 6 heteroatoms. The predicted molar refractivity (Wildman–Crippen MR) is 77.5 cm³/mol. The summed E-state index contributed by atoms with van der Waals surface area (Å²) in [4.78, 5) is 25.1. The lowest BCUT2D eigenvalue weighted by Gasteiger charge is -2.32. The van der Waals surface area contributed by atoms with E-state index in [1.807, 2.05) is 6.26 Å². The monoisotopic (exact) mass is 288 g/mol. The van der Waals surface area contributed by atoms with Crippen molar-refractivity contribution in [2.75, 3.05) is 25.1 Å². The first-order valence-corrected chi connectivity index (χ1v) is 8.19. The average molecular weight is 288 g/mol. The van der Waals surface area contributed by atoms with E-state index >= 15 is 0 Å². The van der Waals surface area contributed by atoms with Gasteiger partial charge in [0.15, 0.2) is 0 Å². The summed E-state index contributed by atoms with van der Waals surface area (Å²) in [5.41, 5.74) is 0. The smallest absolute Gasteiger partial charge is 0.326 e. The Bertz CT molecular complexity index is 312. The summed E-state index contributed by atoms with van der Waals surface area (Å²) in [6.45, 7) is 3.36. The molecule has 2 atom stereocenters. The molecule has 1 aliphatic heterocycles. The van der Waals surface area contributed by atoms with E-state index in [-0.39, 0.29) is 5.91 Å². The number of rotatable bonds is 7. The van der Waals surface area contributed by atoms with Crippen LogP contribution in [0, 0.1) is 0 Å². The fourth-order valence-electron chi connectivity index (χ4n) is 2.31. The van der Waals surface area contributed by atoms with Crippen LogP contribution in [0.25, 0.3) is 0 Å². The third-order valence-electron chi connectivity index (χ3n) is 3.53. The molecule has 1 aliphatic rings. The molecule has 1 fully saturated rings. The second-order valence-electron chi connectivity index (χ2n) is 5.06. The minimum atomic E-state index is -0.950. The van der Waals surface area contributed by atoms with Crippen molar-refractivity contribution >= 4 is 23.6 Å². The molecule has 2 unspecified atom stereocenters. The van der Waals surface area contributed by atoms with Crippen molar-refractivity contribution in [3.63, 3.8) is 0 Å². The van der Waals surface area contributed by atoms with E-state index in [0.29, 0.717) is 19.0 Å². The molecule has 0 radical (unpaired) electrons. The summed E-state index contributed by atoms with van der Waals surface area (Å²) in [6, 6.07) is -0.353. The molecule has 0 saturated carbocycles. The van der Waals surface area contributed by atoms with Gasteiger partial charge in [-0.2, -0.15) is 11.8 Å². The van der Waals surface area contributed by atoms with Crippen LogP contribution in [0.4, 0.5) is 0 Å². The molecular weight excluding hydrogens is 264 g/mol. The van der Waals surface area contributed by atoms with Crippen molar-refractivity contribution in [1.82, 2.24) is 10.2 Å². The third-order valence-corrected chi connectivity index (χ3v) is 4.18. The van der Waals surface area contributed by atoms with Crippen molar-refractivity contribution in [3.05, 3.63) is 0 Å². The number of thioether (sulfide) groups is 1. The van der Waals surface area contributed by atoms with Crippen LogP contribution in [-0.2, 0) is 9.59 Å². The Kier molecular flexibility index (Phi) is 7.23. The van der Waals surface area contributed by atoms with Gasteiger partial charge in [0.1, 0.15) is 6.04 Å². The number of aliphatic carboxylic acids is 1. The molecule has 0 aromatic rings. The fraction of sp³-hybridized carbons (Fsp3) is 0.846. The zero-order valence-corrected chi connectivity index (χ0v) is 12.5. The van der Waals surface area contributed by atoms with E-state index in [4.69, 9.17) is 5.11 Å². The zero-order chi connectivity index (χ0) is 14.3. The molecule has 110 valence electrons. The van der Waals surface area contributed by atoms with Gasteiger partial charge in [-0.25, -0.2) is 4.79 Å². The van der Waals surface area contributed by atoms with Crippen LogP contribution in [0.2, 0.25) is 0 Å². The van der Waals surface area contributed by atoms with Crippen LogP contribution in [0.5, 0.6) is 0 Å². The molecule has 0 aromatic carbocycles. The first kappa shape index (κ1) is 16.3. The van der Waals surface area contributed by atoms with Gasteiger partial charge < -0.3 is 10.4 Å². The summed E-state index contributed by atoms with van der Waals surface area (Å²) in [5, 5.41) is 11.7. The van der Waals surface area contributed by atoms with Crippen molar-refractivity contribution in [2.45, 2.75) is 44.7 Å². The summed E-state index contributed by atoms with van der Waals surface area (Å²) >= 11 is 1.59. The average Bonchev–Trinajstić information content (AvgIpc) is 2.37. The van der Waals surface area contributed by atoms with Crippen LogP contribution in [0.15, 0.2) is 0 Å². The highest BCUT2D eigenvalue weighted by Crippen LogP contribution is 2.15. The molecule has 19 heavy (non-hydrogen) atoms. The highest BCUT2D eigenvalue weighted by Gasteiger charge is 2.24. The summed E-state index contributed by atoms with van der Waals surface area (Å²) in [7, 11) is 0. The van der Waals surface area contributed by atoms with Crippen LogP contribution in [0.3, 0.4) is 0 Å². The lowest BCUT2D eigenvalue weighted by atomic mass is 10.0. The van der Waals surface area contributed by atoms with Gasteiger partial charge in [-0.05, 0) is 44.7 Å². The number of carbonyl (C=O) groups excluding carboxylic acids is 1. The van der Waals surface area contributed by atoms with E-state index < -0.39 is 12.0 Å².